The molecular weight excluding hydrogens is 472 g/mol. The lowest BCUT2D eigenvalue weighted by atomic mass is 10.1. The summed E-state index contributed by atoms with van der Waals surface area (Å²) in [6.07, 6.45) is 0.891. The van der Waals surface area contributed by atoms with Crippen LogP contribution in [0.1, 0.15) is 22.8 Å². The zero-order chi connectivity index (χ0) is 24.9. The molecule has 0 saturated carbocycles. The van der Waals surface area contributed by atoms with Crippen molar-refractivity contribution in [1.82, 2.24) is 9.71 Å². The molecule has 0 atom stereocenters. The summed E-state index contributed by atoms with van der Waals surface area (Å²) < 4.78 is 13.1. The minimum absolute atomic E-state index is 0.0341. The second kappa shape index (κ2) is 10.3. The van der Waals surface area contributed by atoms with Crippen LogP contribution in [-0.2, 0) is 6.42 Å². The first kappa shape index (κ1) is 23.8. The molecule has 1 heterocycles. The van der Waals surface area contributed by atoms with Gasteiger partial charge in [-0.25, -0.2) is 9.78 Å². The van der Waals surface area contributed by atoms with Gasteiger partial charge in [-0.05, 0) is 54.4 Å². The fraction of sp³-hybridized carbons (Fsp3) is 0.125. The summed E-state index contributed by atoms with van der Waals surface area (Å²) in [7, 11) is 1.30. The van der Waals surface area contributed by atoms with Crippen LogP contribution in [0, 0.1) is 10.1 Å². The van der Waals surface area contributed by atoms with Crippen molar-refractivity contribution in [3.8, 4) is 17.2 Å². The van der Waals surface area contributed by atoms with Gasteiger partial charge in [0.05, 0.1) is 12.0 Å². The van der Waals surface area contributed by atoms with Crippen molar-refractivity contribution in [3.63, 3.8) is 0 Å². The number of carbonyl (C=O) groups is 2. The van der Waals surface area contributed by atoms with Gasteiger partial charge in [-0.1, -0.05) is 19.1 Å². The lowest BCUT2D eigenvalue weighted by Gasteiger charge is -2.08. The number of nitro benzene ring substituents is 1. The van der Waals surface area contributed by atoms with Gasteiger partial charge in [0.2, 0.25) is 11.0 Å². The number of methoxy groups -OCH3 is 1. The first-order valence-electron chi connectivity index (χ1n) is 10.5. The van der Waals surface area contributed by atoms with Gasteiger partial charge in [0.25, 0.3) is 0 Å². The van der Waals surface area contributed by atoms with Gasteiger partial charge in [0.1, 0.15) is 5.52 Å². The molecule has 35 heavy (non-hydrogen) atoms. The van der Waals surface area contributed by atoms with E-state index in [2.05, 4.69) is 21.9 Å². The van der Waals surface area contributed by atoms with Crippen LogP contribution < -0.4 is 14.8 Å². The van der Waals surface area contributed by atoms with E-state index in [1.54, 1.807) is 18.2 Å². The molecular formula is C24H20N4O6S. The lowest BCUT2D eigenvalue weighted by Crippen LogP contribution is -2.24. The Hall–Kier alpha value is -4.38. The molecule has 0 spiro atoms. The monoisotopic (exact) mass is 492 g/mol. The molecule has 0 unspecified atom stereocenters. The summed E-state index contributed by atoms with van der Waals surface area (Å²) in [4.78, 5) is 39.7. The fourth-order valence-electron chi connectivity index (χ4n) is 3.31. The number of nitrogens with one attached hydrogen (secondary N) is 2. The van der Waals surface area contributed by atoms with Crippen molar-refractivity contribution in [2.75, 3.05) is 12.4 Å². The van der Waals surface area contributed by atoms with Gasteiger partial charge in [-0.2, -0.15) is 0 Å². The molecule has 2 N–H and O–H groups in total. The summed E-state index contributed by atoms with van der Waals surface area (Å²) >= 11 is 0.503. The zero-order valence-electron chi connectivity index (χ0n) is 18.7. The van der Waals surface area contributed by atoms with E-state index in [0.29, 0.717) is 34.7 Å². The molecule has 2 amide bonds. The number of amides is 2. The molecule has 4 rings (SSSR count). The van der Waals surface area contributed by atoms with E-state index in [4.69, 9.17) is 9.15 Å². The SMILES string of the molecule is CCc1ccc2oc(-c3cccc(NC(=O)NSC(=O)c4ccc(OC)c([N+](=O)[O-])c4)c3)nc2c1. The van der Waals surface area contributed by atoms with Crippen LogP contribution in [0.5, 0.6) is 5.75 Å². The van der Waals surface area contributed by atoms with Crippen molar-refractivity contribution in [1.29, 1.82) is 0 Å². The first-order chi connectivity index (χ1) is 16.9. The summed E-state index contributed by atoms with van der Waals surface area (Å²) in [6.45, 7) is 2.06. The van der Waals surface area contributed by atoms with E-state index in [9.17, 15) is 19.7 Å². The van der Waals surface area contributed by atoms with Gasteiger partial charge >= 0.3 is 11.7 Å². The molecule has 11 heteroatoms. The third-order valence-electron chi connectivity index (χ3n) is 5.08. The molecule has 3 aromatic carbocycles. The van der Waals surface area contributed by atoms with Gasteiger partial charge in [0.15, 0.2) is 11.3 Å². The Balaban J connectivity index is 1.41. The van der Waals surface area contributed by atoms with Gasteiger partial charge < -0.3 is 14.5 Å². The topological polar surface area (TPSA) is 137 Å². The van der Waals surface area contributed by atoms with Gasteiger partial charge in [0, 0.05) is 34.8 Å². The van der Waals surface area contributed by atoms with Crippen LogP contribution in [-0.4, -0.2) is 28.2 Å². The van der Waals surface area contributed by atoms with Crippen LogP contribution in [0.25, 0.3) is 22.6 Å². The highest BCUT2D eigenvalue weighted by atomic mass is 32.2. The van der Waals surface area contributed by atoms with Crippen LogP contribution in [0.3, 0.4) is 0 Å². The van der Waals surface area contributed by atoms with E-state index in [1.807, 2.05) is 24.3 Å². The maximum Gasteiger partial charge on any atom is 0.329 e. The molecule has 4 aromatic rings. The Bertz CT molecular complexity index is 1430. The van der Waals surface area contributed by atoms with Crippen molar-refractivity contribution < 1.29 is 23.7 Å². The molecule has 0 fully saturated rings. The number of anilines is 1. The molecule has 0 aliphatic rings. The number of rotatable bonds is 6. The third kappa shape index (κ3) is 5.41. The Kier molecular flexibility index (Phi) is 6.97. The number of aromatic nitrogens is 1. The van der Waals surface area contributed by atoms with E-state index < -0.39 is 16.1 Å². The van der Waals surface area contributed by atoms with Crippen molar-refractivity contribution in [3.05, 3.63) is 81.9 Å². The number of nitro groups is 1. The van der Waals surface area contributed by atoms with Crippen LogP contribution >= 0.6 is 11.9 Å². The first-order valence-corrected chi connectivity index (χ1v) is 11.3. The molecule has 0 aliphatic carbocycles. The van der Waals surface area contributed by atoms with E-state index >= 15 is 0 Å². The summed E-state index contributed by atoms with van der Waals surface area (Å²) in [5.74, 6) is 0.454. The highest BCUT2D eigenvalue weighted by molar-refractivity contribution is 8.12. The van der Waals surface area contributed by atoms with Gasteiger partial charge in [-0.3, -0.25) is 19.6 Å². The highest BCUT2D eigenvalue weighted by Crippen LogP contribution is 2.29. The van der Waals surface area contributed by atoms with Gasteiger partial charge in [-0.15, -0.1) is 0 Å². The zero-order valence-corrected chi connectivity index (χ0v) is 19.5. The van der Waals surface area contributed by atoms with E-state index in [-0.39, 0.29) is 17.0 Å². The number of carbonyl (C=O) groups excluding carboxylic acids is 2. The average molecular weight is 493 g/mol. The predicted octanol–water partition coefficient (Wildman–Crippen LogP) is 5.58. The normalized spacial score (nSPS) is 10.7. The highest BCUT2D eigenvalue weighted by Gasteiger charge is 2.19. The minimum atomic E-state index is -0.646. The molecule has 10 nitrogen and oxygen atoms in total. The number of hydrogen-bond acceptors (Lipinski definition) is 8. The number of urea groups is 1. The molecule has 0 bridgehead atoms. The number of fused-ring (bicyclic) bond motifs is 1. The van der Waals surface area contributed by atoms with Crippen molar-refractivity contribution >= 4 is 45.6 Å². The van der Waals surface area contributed by atoms with Crippen LogP contribution in [0.15, 0.2) is 65.1 Å². The number of oxazole rings is 1. The van der Waals surface area contributed by atoms with Crippen molar-refractivity contribution in [2.45, 2.75) is 13.3 Å². The largest absolute Gasteiger partial charge is 0.490 e. The van der Waals surface area contributed by atoms with Crippen LogP contribution in [0.4, 0.5) is 16.2 Å². The Morgan fingerprint density at radius 2 is 1.97 bits per heavy atom. The molecule has 178 valence electrons. The predicted molar refractivity (Wildman–Crippen MR) is 133 cm³/mol. The number of benzene rings is 3. The smallest absolute Gasteiger partial charge is 0.329 e. The quantitative estimate of drug-likeness (QED) is 0.202. The minimum Gasteiger partial charge on any atom is -0.490 e. The maximum atomic E-state index is 12.4. The van der Waals surface area contributed by atoms with E-state index in [0.717, 1.165) is 23.6 Å². The lowest BCUT2D eigenvalue weighted by molar-refractivity contribution is -0.385. The average Bonchev–Trinajstić information content (AvgIpc) is 3.30. The molecule has 0 radical (unpaired) electrons. The Labute approximate surface area is 204 Å². The molecule has 1 aromatic heterocycles. The fourth-order valence-corrected chi connectivity index (χ4v) is 3.80. The van der Waals surface area contributed by atoms with Crippen molar-refractivity contribution in [2.24, 2.45) is 0 Å². The second-order valence-corrected chi connectivity index (χ2v) is 8.12. The third-order valence-corrected chi connectivity index (χ3v) is 5.78. The molecule has 0 aliphatic heterocycles. The number of aryl methyl sites for hydroxylation is 1. The summed E-state index contributed by atoms with van der Waals surface area (Å²) in [6, 6.07) is 15.9. The van der Waals surface area contributed by atoms with E-state index in [1.165, 1.54) is 19.2 Å². The maximum absolute atomic E-state index is 12.4. The standard InChI is InChI=1S/C24H20N4O6S/c1-3-14-7-9-20-18(11-14)26-22(34-20)15-5-4-6-17(12-15)25-24(30)27-35-23(29)16-8-10-21(33-2)19(13-16)28(31)32/h4-13H,3H2,1-2H3,(H2,25,27,30). The number of nitrogens with zero attached hydrogens (tertiary/aromatic N) is 2. The number of hydrogen-bond donors (Lipinski definition) is 2. The molecule has 0 saturated heterocycles. The summed E-state index contributed by atoms with van der Waals surface area (Å²) in [5.41, 5.74) is 3.42. The summed E-state index contributed by atoms with van der Waals surface area (Å²) in [5, 5.41) is 13.2. The Morgan fingerprint density at radius 1 is 1.14 bits per heavy atom. The van der Waals surface area contributed by atoms with Crippen LogP contribution in [0.2, 0.25) is 0 Å². The Morgan fingerprint density at radius 3 is 2.71 bits per heavy atom. The number of ether oxygens (including phenoxy) is 1. The second-order valence-electron chi connectivity index (χ2n) is 7.34.